The molecule has 0 aliphatic carbocycles. The van der Waals surface area contributed by atoms with Gasteiger partial charge in [0.05, 0.1) is 5.75 Å². The zero-order chi connectivity index (χ0) is 21.2. The molecule has 0 spiro atoms. The molecule has 0 radical (unpaired) electrons. The minimum absolute atomic E-state index is 0.119. The summed E-state index contributed by atoms with van der Waals surface area (Å²) in [7, 11) is 0. The number of hydrogen-bond acceptors (Lipinski definition) is 3. The Morgan fingerprint density at radius 2 is 1.72 bits per heavy atom. The largest absolute Gasteiger partial charge is 0.354 e. The van der Waals surface area contributed by atoms with E-state index in [0.717, 1.165) is 17.5 Å². The Hall–Kier alpha value is -2.05. The SMILES string of the molecule is CCCNC(=O)C(C)N(Cc1ccc(Cl)cc1)C(=O)CSCc1ccc(F)cc1. The highest BCUT2D eigenvalue weighted by Gasteiger charge is 2.25. The number of thioether (sulfide) groups is 1. The van der Waals surface area contributed by atoms with Crippen LogP contribution >= 0.6 is 23.4 Å². The summed E-state index contributed by atoms with van der Waals surface area (Å²) in [5, 5.41) is 3.47. The molecule has 0 saturated carbocycles. The van der Waals surface area contributed by atoms with Crippen molar-refractivity contribution in [3.05, 3.63) is 70.5 Å². The van der Waals surface area contributed by atoms with E-state index in [1.54, 1.807) is 36.1 Å². The topological polar surface area (TPSA) is 49.4 Å². The van der Waals surface area contributed by atoms with E-state index in [1.165, 1.54) is 23.9 Å². The monoisotopic (exact) mass is 436 g/mol. The highest BCUT2D eigenvalue weighted by Crippen LogP contribution is 2.17. The maximum absolute atomic E-state index is 13.0. The van der Waals surface area contributed by atoms with Gasteiger partial charge in [0.15, 0.2) is 0 Å². The van der Waals surface area contributed by atoms with Gasteiger partial charge < -0.3 is 10.2 Å². The molecular formula is C22H26ClFN2O2S. The Balaban J connectivity index is 2.03. The minimum Gasteiger partial charge on any atom is -0.354 e. The minimum atomic E-state index is -0.587. The molecule has 2 rings (SSSR count). The molecule has 0 bridgehead atoms. The maximum Gasteiger partial charge on any atom is 0.242 e. The van der Waals surface area contributed by atoms with Crippen LogP contribution in [0.5, 0.6) is 0 Å². The molecule has 0 aliphatic heterocycles. The van der Waals surface area contributed by atoms with E-state index in [9.17, 15) is 14.0 Å². The van der Waals surface area contributed by atoms with Crippen molar-refractivity contribution in [3.63, 3.8) is 0 Å². The molecule has 0 aromatic heterocycles. The highest BCUT2D eigenvalue weighted by molar-refractivity contribution is 7.99. The Morgan fingerprint density at radius 1 is 1.10 bits per heavy atom. The van der Waals surface area contributed by atoms with E-state index in [0.29, 0.717) is 23.9 Å². The summed E-state index contributed by atoms with van der Waals surface area (Å²) in [4.78, 5) is 27.0. The quantitative estimate of drug-likeness (QED) is 0.589. The van der Waals surface area contributed by atoms with Crippen LogP contribution in [-0.4, -0.2) is 35.1 Å². The fourth-order valence-corrected chi connectivity index (χ4v) is 3.68. The fraction of sp³-hybridized carbons (Fsp3) is 0.364. The summed E-state index contributed by atoms with van der Waals surface area (Å²) in [6.07, 6.45) is 0.830. The summed E-state index contributed by atoms with van der Waals surface area (Å²) in [5.74, 6) is 0.257. The molecule has 0 heterocycles. The van der Waals surface area contributed by atoms with Crippen molar-refractivity contribution in [2.24, 2.45) is 0 Å². The molecule has 7 heteroatoms. The summed E-state index contributed by atoms with van der Waals surface area (Å²) in [5.41, 5.74) is 1.85. The van der Waals surface area contributed by atoms with Crippen LogP contribution in [0, 0.1) is 5.82 Å². The van der Waals surface area contributed by atoms with Crippen LogP contribution in [0.3, 0.4) is 0 Å². The first-order chi connectivity index (χ1) is 13.9. The van der Waals surface area contributed by atoms with Crippen molar-refractivity contribution >= 4 is 35.2 Å². The molecule has 1 N–H and O–H groups in total. The lowest BCUT2D eigenvalue weighted by molar-refractivity contribution is -0.138. The van der Waals surface area contributed by atoms with E-state index < -0.39 is 6.04 Å². The standard InChI is InChI=1S/C22H26ClFN2O2S/c1-3-12-25-22(28)16(2)26(13-17-4-8-19(23)9-5-17)21(27)15-29-14-18-6-10-20(24)11-7-18/h4-11,16H,3,12-15H2,1-2H3,(H,25,28). The van der Waals surface area contributed by atoms with Gasteiger partial charge in [-0.15, -0.1) is 11.8 Å². The Labute approximate surface area is 180 Å². The molecule has 156 valence electrons. The van der Waals surface area contributed by atoms with Gasteiger partial charge in [0.25, 0.3) is 0 Å². The molecule has 1 unspecified atom stereocenters. The van der Waals surface area contributed by atoms with Gasteiger partial charge in [-0.3, -0.25) is 9.59 Å². The fourth-order valence-electron chi connectivity index (χ4n) is 2.68. The molecule has 4 nitrogen and oxygen atoms in total. The molecule has 2 aromatic carbocycles. The predicted octanol–water partition coefficient (Wildman–Crippen LogP) is 4.66. The van der Waals surface area contributed by atoms with Crippen molar-refractivity contribution < 1.29 is 14.0 Å². The van der Waals surface area contributed by atoms with E-state index in [4.69, 9.17) is 11.6 Å². The molecule has 2 amide bonds. The van der Waals surface area contributed by atoms with Gasteiger partial charge in [-0.2, -0.15) is 0 Å². The van der Waals surface area contributed by atoms with Crippen molar-refractivity contribution in [2.75, 3.05) is 12.3 Å². The maximum atomic E-state index is 13.0. The third-order valence-corrected chi connectivity index (χ3v) is 5.63. The lowest BCUT2D eigenvalue weighted by Gasteiger charge is -2.28. The molecular weight excluding hydrogens is 411 g/mol. The average molecular weight is 437 g/mol. The smallest absolute Gasteiger partial charge is 0.242 e. The number of nitrogens with zero attached hydrogens (tertiary/aromatic N) is 1. The zero-order valence-electron chi connectivity index (χ0n) is 16.7. The number of nitrogens with one attached hydrogen (secondary N) is 1. The Kier molecular flexibility index (Phi) is 9.48. The summed E-state index contributed by atoms with van der Waals surface area (Å²) in [6, 6.07) is 12.9. The van der Waals surface area contributed by atoms with E-state index in [2.05, 4.69) is 5.32 Å². The molecule has 0 fully saturated rings. The number of hydrogen-bond donors (Lipinski definition) is 1. The van der Waals surface area contributed by atoms with E-state index in [-0.39, 0.29) is 23.4 Å². The third-order valence-electron chi connectivity index (χ3n) is 4.39. The Morgan fingerprint density at radius 3 is 2.34 bits per heavy atom. The number of carbonyl (C=O) groups excluding carboxylic acids is 2. The number of halogens is 2. The van der Waals surface area contributed by atoms with Crippen LogP contribution in [0.2, 0.25) is 5.02 Å². The number of amides is 2. The van der Waals surface area contributed by atoms with Crippen LogP contribution in [0.4, 0.5) is 4.39 Å². The molecule has 0 saturated heterocycles. The lowest BCUT2D eigenvalue weighted by atomic mass is 10.1. The molecule has 0 aliphatic rings. The molecule has 29 heavy (non-hydrogen) atoms. The second-order valence-corrected chi connectivity index (χ2v) is 8.16. The van der Waals surface area contributed by atoms with Gasteiger partial charge in [-0.1, -0.05) is 42.8 Å². The first kappa shape index (κ1) is 23.2. The van der Waals surface area contributed by atoms with E-state index in [1.807, 2.05) is 19.1 Å². The predicted molar refractivity (Wildman–Crippen MR) is 117 cm³/mol. The third kappa shape index (κ3) is 7.71. The summed E-state index contributed by atoms with van der Waals surface area (Å²) in [6.45, 7) is 4.62. The van der Waals surface area contributed by atoms with Gasteiger partial charge in [0.2, 0.25) is 11.8 Å². The van der Waals surface area contributed by atoms with Crippen molar-refractivity contribution in [3.8, 4) is 0 Å². The highest BCUT2D eigenvalue weighted by atomic mass is 35.5. The summed E-state index contributed by atoms with van der Waals surface area (Å²) >= 11 is 7.39. The first-order valence-corrected chi connectivity index (χ1v) is 11.1. The van der Waals surface area contributed by atoms with Gasteiger partial charge in [0, 0.05) is 23.9 Å². The first-order valence-electron chi connectivity index (χ1n) is 9.54. The van der Waals surface area contributed by atoms with Gasteiger partial charge in [0.1, 0.15) is 11.9 Å². The zero-order valence-corrected chi connectivity index (χ0v) is 18.2. The number of rotatable bonds is 10. The van der Waals surface area contributed by atoms with Crippen molar-refractivity contribution in [2.45, 2.75) is 38.6 Å². The van der Waals surface area contributed by atoms with Crippen LogP contribution in [-0.2, 0) is 21.9 Å². The lowest BCUT2D eigenvalue weighted by Crippen LogP contribution is -2.48. The van der Waals surface area contributed by atoms with E-state index >= 15 is 0 Å². The average Bonchev–Trinajstić information content (AvgIpc) is 2.72. The van der Waals surface area contributed by atoms with Crippen molar-refractivity contribution in [1.29, 1.82) is 0 Å². The van der Waals surface area contributed by atoms with Gasteiger partial charge in [-0.25, -0.2) is 4.39 Å². The second kappa shape index (κ2) is 11.8. The molecule has 1 atom stereocenters. The number of benzene rings is 2. The van der Waals surface area contributed by atoms with Crippen LogP contribution < -0.4 is 5.32 Å². The van der Waals surface area contributed by atoms with Crippen LogP contribution in [0.15, 0.2) is 48.5 Å². The molecule has 2 aromatic rings. The number of carbonyl (C=O) groups is 2. The van der Waals surface area contributed by atoms with Gasteiger partial charge in [-0.05, 0) is 48.7 Å². The van der Waals surface area contributed by atoms with Gasteiger partial charge >= 0.3 is 0 Å². The van der Waals surface area contributed by atoms with Crippen LogP contribution in [0.1, 0.15) is 31.4 Å². The van der Waals surface area contributed by atoms with Crippen LogP contribution in [0.25, 0.3) is 0 Å². The van der Waals surface area contributed by atoms with Crippen molar-refractivity contribution in [1.82, 2.24) is 10.2 Å². The Bertz CT molecular complexity index is 799. The normalized spacial score (nSPS) is 11.7. The summed E-state index contributed by atoms with van der Waals surface area (Å²) < 4.78 is 13.0. The second-order valence-electron chi connectivity index (χ2n) is 6.73.